The van der Waals surface area contributed by atoms with Crippen molar-refractivity contribution in [3.63, 3.8) is 0 Å². The van der Waals surface area contributed by atoms with Crippen LogP contribution in [0.25, 0.3) is 0 Å². The Morgan fingerprint density at radius 3 is 2.58 bits per heavy atom. The monoisotopic (exact) mass is 270 g/mol. The zero-order chi connectivity index (χ0) is 14.5. The number of carbonyl (C=O) groups is 1. The van der Waals surface area contributed by atoms with Gasteiger partial charge in [0.25, 0.3) is 0 Å². The molecule has 0 saturated heterocycles. The molecule has 0 radical (unpaired) electrons. The molecule has 6 heteroatoms. The molecule has 0 aliphatic heterocycles. The molecule has 1 amide bonds. The van der Waals surface area contributed by atoms with Gasteiger partial charge in [-0.1, -0.05) is 11.6 Å². The van der Waals surface area contributed by atoms with Gasteiger partial charge in [0.15, 0.2) is 5.84 Å². The number of hydrogen-bond donors (Lipinski definition) is 3. The molecule has 110 valence electrons. The van der Waals surface area contributed by atoms with Gasteiger partial charge in [0.2, 0.25) is 5.91 Å². The summed E-state index contributed by atoms with van der Waals surface area (Å²) in [5.41, 5.74) is 4.87. The van der Waals surface area contributed by atoms with Gasteiger partial charge in [-0.3, -0.25) is 4.79 Å². The molecule has 0 aromatic carbocycles. The van der Waals surface area contributed by atoms with E-state index in [4.69, 9.17) is 10.9 Å². The highest BCUT2D eigenvalue weighted by atomic mass is 16.4. The lowest BCUT2D eigenvalue weighted by atomic mass is 9.67. The summed E-state index contributed by atoms with van der Waals surface area (Å²) in [4.78, 5) is 14.4. The molecule has 0 aromatic heterocycles. The van der Waals surface area contributed by atoms with Gasteiger partial charge in [0.05, 0.1) is 0 Å². The van der Waals surface area contributed by atoms with Gasteiger partial charge in [0.1, 0.15) is 5.41 Å². The van der Waals surface area contributed by atoms with E-state index >= 15 is 0 Å². The van der Waals surface area contributed by atoms with Crippen LogP contribution >= 0.6 is 0 Å². The van der Waals surface area contributed by atoms with E-state index in [1.807, 2.05) is 0 Å². The van der Waals surface area contributed by atoms with Crippen LogP contribution in [0.4, 0.5) is 0 Å². The van der Waals surface area contributed by atoms with Gasteiger partial charge >= 0.3 is 0 Å². The highest BCUT2D eigenvalue weighted by molar-refractivity contribution is 6.07. The second-order valence-corrected chi connectivity index (χ2v) is 5.60. The van der Waals surface area contributed by atoms with Crippen molar-refractivity contribution in [2.24, 2.45) is 16.3 Å². The fraction of sp³-hybridized carbons (Fsp3) is 0.846. The molecule has 19 heavy (non-hydrogen) atoms. The number of rotatable bonds is 7. The maximum Gasteiger partial charge on any atom is 0.233 e. The lowest BCUT2D eigenvalue weighted by Crippen LogP contribution is -2.54. The molecule has 0 atom stereocenters. The van der Waals surface area contributed by atoms with Crippen molar-refractivity contribution < 1.29 is 10.0 Å². The largest absolute Gasteiger partial charge is 0.409 e. The molecule has 4 N–H and O–H groups in total. The fourth-order valence-corrected chi connectivity index (χ4v) is 2.18. The molecule has 1 fully saturated rings. The summed E-state index contributed by atoms with van der Waals surface area (Å²) >= 11 is 0. The van der Waals surface area contributed by atoms with E-state index < -0.39 is 5.41 Å². The summed E-state index contributed by atoms with van der Waals surface area (Å²) in [6.07, 6.45) is 3.17. The first kappa shape index (κ1) is 15.8. The Hall–Kier alpha value is -1.30. The standard InChI is InChI=1S/C13H26N4O2/c1-10(2)17(3)9-5-8-15-12(18)13(6-4-7-13)11(14)16-19/h10,19H,4-9H2,1-3H3,(H2,14,16)(H,15,18). The summed E-state index contributed by atoms with van der Waals surface area (Å²) in [6, 6.07) is 0.505. The first-order valence-electron chi connectivity index (χ1n) is 6.90. The van der Waals surface area contributed by atoms with Crippen LogP contribution in [0.5, 0.6) is 0 Å². The van der Waals surface area contributed by atoms with Crippen molar-refractivity contribution >= 4 is 11.7 Å². The highest BCUT2D eigenvalue weighted by Gasteiger charge is 2.48. The summed E-state index contributed by atoms with van der Waals surface area (Å²) in [6.45, 7) is 5.84. The molecule has 1 rings (SSSR count). The molecule has 1 saturated carbocycles. The van der Waals surface area contributed by atoms with Crippen LogP contribution in [0.2, 0.25) is 0 Å². The van der Waals surface area contributed by atoms with Gasteiger partial charge in [-0.25, -0.2) is 0 Å². The second kappa shape index (κ2) is 6.75. The zero-order valence-corrected chi connectivity index (χ0v) is 12.1. The van der Waals surface area contributed by atoms with E-state index in [0.717, 1.165) is 19.4 Å². The molecular weight excluding hydrogens is 244 g/mol. The summed E-state index contributed by atoms with van der Waals surface area (Å²) in [5, 5.41) is 14.7. The minimum atomic E-state index is -0.765. The predicted octanol–water partition coefficient (Wildman–Crippen LogP) is 0.750. The van der Waals surface area contributed by atoms with Crippen molar-refractivity contribution in [3.8, 4) is 0 Å². The zero-order valence-electron chi connectivity index (χ0n) is 12.1. The van der Waals surface area contributed by atoms with Gasteiger partial charge < -0.3 is 21.2 Å². The quantitative estimate of drug-likeness (QED) is 0.209. The predicted molar refractivity (Wildman–Crippen MR) is 75.1 cm³/mol. The van der Waals surface area contributed by atoms with Crippen LogP contribution < -0.4 is 11.1 Å². The first-order valence-corrected chi connectivity index (χ1v) is 6.90. The molecule has 1 aliphatic rings. The molecule has 0 aromatic rings. The minimum absolute atomic E-state index is 0.0375. The second-order valence-electron chi connectivity index (χ2n) is 5.60. The number of nitrogens with two attached hydrogens (primary N) is 1. The molecule has 0 spiro atoms. The fourth-order valence-electron chi connectivity index (χ4n) is 2.18. The van der Waals surface area contributed by atoms with Crippen LogP contribution in [0.15, 0.2) is 5.16 Å². The van der Waals surface area contributed by atoms with Gasteiger partial charge in [0, 0.05) is 12.6 Å². The molecule has 0 bridgehead atoms. The van der Waals surface area contributed by atoms with Gasteiger partial charge in [-0.2, -0.15) is 0 Å². The van der Waals surface area contributed by atoms with Crippen molar-refractivity contribution in [1.29, 1.82) is 0 Å². The average Bonchev–Trinajstić information content (AvgIpc) is 2.32. The van der Waals surface area contributed by atoms with E-state index in [0.29, 0.717) is 25.4 Å². The van der Waals surface area contributed by atoms with E-state index in [1.54, 1.807) is 0 Å². The number of oxime groups is 1. The van der Waals surface area contributed by atoms with Crippen molar-refractivity contribution in [2.45, 2.75) is 45.6 Å². The Kier molecular flexibility index (Phi) is 5.60. The van der Waals surface area contributed by atoms with Crippen molar-refractivity contribution in [1.82, 2.24) is 10.2 Å². The number of amides is 1. The van der Waals surface area contributed by atoms with Gasteiger partial charge in [-0.15, -0.1) is 0 Å². The van der Waals surface area contributed by atoms with E-state index in [1.165, 1.54) is 0 Å². The minimum Gasteiger partial charge on any atom is -0.409 e. The molecule has 0 heterocycles. The highest BCUT2D eigenvalue weighted by Crippen LogP contribution is 2.41. The van der Waals surface area contributed by atoms with E-state index in [9.17, 15) is 4.79 Å². The number of carbonyl (C=O) groups excluding carboxylic acids is 1. The normalized spacial score (nSPS) is 18.5. The third-order valence-electron chi connectivity index (χ3n) is 4.09. The lowest BCUT2D eigenvalue weighted by Gasteiger charge is -2.38. The Labute approximate surface area is 115 Å². The molecule has 0 unspecified atom stereocenters. The molecule has 1 aliphatic carbocycles. The molecule has 6 nitrogen and oxygen atoms in total. The number of amidine groups is 1. The van der Waals surface area contributed by atoms with E-state index in [-0.39, 0.29) is 11.7 Å². The van der Waals surface area contributed by atoms with Gasteiger partial charge in [-0.05, 0) is 46.7 Å². The number of nitrogens with zero attached hydrogens (tertiary/aromatic N) is 2. The summed E-state index contributed by atoms with van der Waals surface area (Å²) < 4.78 is 0. The maximum absolute atomic E-state index is 12.1. The third kappa shape index (κ3) is 3.59. The van der Waals surface area contributed by atoms with Crippen molar-refractivity contribution in [3.05, 3.63) is 0 Å². The van der Waals surface area contributed by atoms with Crippen LogP contribution in [0, 0.1) is 5.41 Å². The number of hydrogen-bond acceptors (Lipinski definition) is 4. The summed E-state index contributed by atoms with van der Waals surface area (Å²) in [7, 11) is 2.07. The molecular formula is C13H26N4O2. The smallest absolute Gasteiger partial charge is 0.233 e. The van der Waals surface area contributed by atoms with Crippen LogP contribution in [-0.2, 0) is 4.79 Å². The Bertz CT molecular complexity index is 338. The van der Waals surface area contributed by atoms with Crippen LogP contribution in [-0.4, -0.2) is 48.0 Å². The Morgan fingerprint density at radius 2 is 2.16 bits per heavy atom. The maximum atomic E-state index is 12.1. The van der Waals surface area contributed by atoms with Crippen molar-refractivity contribution in [2.75, 3.05) is 20.1 Å². The third-order valence-corrected chi connectivity index (χ3v) is 4.09. The van der Waals surface area contributed by atoms with Crippen LogP contribution in [0.1, 0.15) is 39.5 Å². The Morgan fingerprint density at radius 1 is 1.53 bits per heavy atom. The topological polar surface area (TPSA) is 91.0 Å². The SMILES string of the molecule is CC(C)N(C)CCCNC(=O)C1(C(N)=NO)CCC1. The number of nitrogens with one attached hydrogen (secondary N) is 1. The average molecular weight is 270 g/mol. The first-order chi connectivity index (χ1) is 8.94. The summed E-state index contributed by atoms with van der Waals surface area (Å²) in [5.74, 6) is -0.0724. The van der Waals surface area contributed by atoms with Crippen LogP contribution in [0.3, 0.4) is 0 Å². The Balaban J connectivity index is 2.35. The van der Waals surface area contributed by atoms with E-state index in [2.05, 4.69) is 36.3 Å². The lowest BCUT2D eigenvalue weighted by molar-refractivity contribution is -0.131.